The van der Waals surface area contributed by atoms with E-state index in [9.17, 15) is 10.1 Å². The normalized spacial score (nSPS) is 21.8. The minimum Gasteiger partial charge on any atom is -0.483 e. The minimum absolute atomic E-state index is 0.0537. The van der Waals surface area contributed by atoms with Gasteiger partial charge in [-0.1, -0.05) is 25.8 Å². The number of nitrogens with zero attached hydrogens (tertiary/aromatic N) is 1. The first kappa shape index (κ1) is 15.6. The molecule has 5 nitrogen and oxygen atoms in total. The van der Waals surface area contributed by atoms with Gasteiger partial charge >= 0.3 is 5.69 Å². The van der Waals surface area contributed by atoms with Crippen LogP contribution in [-0.4, -0.2) is 17.6 Å². The number of nitro groups is 1. The molecule has 5 heteroatoms. The SMILES string of the molecule is CCNc1cccc(OC2CCCC(CC)C2)c1[N+](=O)[O-]. The molecule has 0 aliphatic heterocycles. The molecule has 0 radical (unpaired) electrons. The number of anilines is 1. The summed E-state index contributed by atoms with van der Waals surface area (Å²) >= 11 is 0. The highest BCUT2D eigenvalue weighted by atomic mass is 16.6. The van der Waals surface area contributed by atoms with E-state index in [4.69, 9.17) is 4.74 Å². The molecule has 0 heterocycles. The van der Waals surface area contributed by atoms with Gasteiger partial charge in [0.2, 0.25) is 0 Å². The second-order valence-electron chi connectivity index (χ2n) is 5.62. The van der Waals surface area contributed by atoms with Crippen LogP contribution in [0.1, 0.15) is 46.0 Å². The average molecular weight is 292 g/mol. The second kappa shape index (κ2) is 7.29. The van der Waals surface area contributed by atoms with E-state index in [1.165, 1.54) is 6.42 Å². The number of benzene rings is 1. The van der Waals surface area contributed by atoms with Gasteiger partial charge in [0.15, 0.2) is 5.75 Å². The molecule has 1 aliphatic rings. The Morgan fingerprint density at radius 2 is 2.19 bits per heavy atom. The molecule has 2 unspecified atom stereocenters. The lowest BCUT2D eigenvalue weighted by molar-refractivity contribution is -0.385. The van der Waals surface area contributed by atoms with Gasteiger partial charge in [-0.25, -0.2) is 0 Å². The third-order valence-corrected chi connectivity index (χ3v) is 4.15. The molecule has 1 fully saturated rings. The number of para-hydroxylation sites is 1. The second-order valence-corrected chi connectivity index (χ2v) is 5.62. The van der Waals surface area contributed by atoms with Crippen molar-refractivity contribution < 1.29 is 9.66 Å². The van der Waals surface area contributed by atoms with Crippen molar-refractivity contribution in [3.63, 3.8) is 0 Å². The molecule has 1 aliphatic carbocycles. The van der Waals surface area contributed by atoms with Gasteiger partial charge < -0.3 is 10.1 Å². The van der Waals surface area contributed by atoms with Crippen molar-refractivity contribution >= 4 is 11.4 Å². The van der Waals surface area contributed by atoms with Crippen LogP contribution in [0.4, 0.5) is 11.4 Å². The van der Waals surface area contributed by atoms with Gasteiger partial charge in [-0.15, -0.1) is 0 Å². The summed E-state index contributed by atoms with van der Waals surface area (Å²) in [5, 5.41) is 14.4. The molecule has 0 aromatic heterocycles. The summed E-state index contributed by atoms with van der Waals surface area (Å²) in [5.41, 5.74) is 0.584. The van der Waals surface area contributed by atoms with Gasteiger partial charge in [-0.2, -0.15) is 0 Å². The highest BCUT2D eigenvalue weighted by Crippen LogP contribution is 2.37. The Kier molecular flexibility index (Phi) is 5.42. The molecule has 1 N–H and O–H groups in total. The van der Waals surface area contributed by atoms with Crippen LogP contribution in [0, 0.1) is 16.0 Å². The number of nitrogens with one attached hydrogen (secondary N) is 1. The van der Waals surface area contributed by atoms with E-state index >= 15 is 0 Å². The van der Waals surface area contributed by atoms with Crippen molar-refractivity contribution in [2.75, 3.05) is 11.9 Å². The molecular formula is C16H24N2O3. The van der Waals surface area contributed by atoms with Crippen molar-refractivity contribution in [3.8, 4) is 5.75 Å². The number of rotatable bonds is 6. The third kappa shape index (κ3) is 3.86. The van der Waals surface area contributed by atoms with E-state index in [-0.39, 0.29) is 16.7 Å². The summed E-state index contributed by atoms with van der Waals surface area (Å²) < 4.78 is 5.99. The van der Waals surface area contributed by atoms with E-state index < -0.39 is 0 Å². The lowest BCUT2D eigenvalue weighted by Gasteiger charge is -2.28. The van der Waals surface area contributed by atoms with Crippen LogP contribution in [0.2, 0.25) is 0 Å². The predicted molar refractivity (Wildman–Crippen MR) is 83.9 cm³/mol. The average Bonchev–Trinajstić information content (AvgIpc) is 2.47. The van der Waals surface area contributed by atoms with Crippen LogP contribution >= 0.6 is 0 Å². The summed E-state index contributed by atoms with van der Waals surface area (Å²) in [7, 11) is 0. The fourth-order valence-corrected chi connectivity index (χ4v) is 3.04. The molecule has 21 heavy (non-hydrogen) atoms. The first-order valence-corrected chi connectivity index (χ1v) is 7.83. The van der Waals surface area contributed by atoms with Crippen LogP contribution in [0.15, 0.2) is 18.2 Å². The van der Waals surface area contributed by atoms with Gasteiger partial charge in [0.1, 0.15) is 5.69 Å². The first-order chi connectivity index (χ1) is 10.2. The molecule has 0 amide bonds. The zero-order valence-corrected chi connectivity index (χ0v) is 12.8. The number of hydrogen-bond acceptors (Lipinski definition) is 4. The van der Waals surface area contributed by atoms with Gasteiger partial charge in [-0.3, -0.25) is 10.1 Å². The zero-order chi connectivity index (χ0) is 15.2. The summed E-state index contributed by atoms with van der Waals surface area (Å²) in [5.74, 6) is 1.07. The summed E-state index contributed by atoms with van der Waals surface area (Å²) in [4.78, 5) is 11.0. The molecule has 2 rings (SSSR count). The van der Waals surface area contributed by atoms with Crippen LogP contribution in [-0.2, 0) is 0 Å². The fourth-order valence-electron chi connectivity index (χ4n) is 3.04. The molecule has 1 aromatic carbocycles. The molecule has 0 spiro atoms. The van der Waals surface area contributed by atoms with Crippen molar-refractivity contribution in [1.82, 2.24) is 0 Å². The first-order valence-electron chi connectivity index (χ1n) is 7.83. The molecular weight excluding hydrogens is 268 g/mol. The maximum atomic E-state index is 11.4. The molecule has 0 bridgehead atoms. The monoisotopic (exact) mass is 292 g/mol. The van der Waals surface area contributed by atoms with Crippen molar-refractivity contribution in [2.45, 2.75) is 52.1 Å². The number of hydrogen-bond donors (Lipinski definition) is 1. The van der Waals surface area contributed by atoms with Gasteiger partial charge in [0.05, 0.1) is 11.0 Å². The standard InChI is InChI=1S/C16H24N2O3/c1-3-12-7-5-8-13(11-12)21-15-10-6-9-14(17-4-2)16(15)18(19)20/h6,9-10,12-13,17H,3-5,7-8,11H2,1-2H3. The van der Waals surface area contributed by atoms with Gasteiger partial charge in [-0.05, 0) is 44.2 Å². The Morgan fingerprint density at radius 1 is 1.38 bits per heavy atom. The largest absolute Gasteiger partial charge is 0.483 e. The van der Waals surface area contributed by atoms with Crippen LogP contribution in [0.5, 0.6) is 5.75 Å². The summed E-state index contributed by atoms with van der Waals surface area (Å²) in [6.45, 7) is 4.76. The van der Waals surface area contributed by atoms with E-state index in [1.54, 1.807) is 18.2 Å². The number of ether oxygens (including phenoxy) is 1. The minimum atomic E-state index is -0.354. The zero-order valence-electron chi connectivity index (χ0n) is 12.8. The maximum absolute atomic E-state index is 11.4. The summed E-state index contributed by atoms with van der Waals surface area (Å²) in [6, 6.07) is 5.24. The van der Waals surface area contributed by atoms with E-state index in [1.807, 2.05) is 6.92 Å². The quantitative estimate of drug-likeness (QED) is 0.624. The Hall–Kier alpha value is -1.78. The fraction of sp³-hybridized carbons (Fsp3) is 0.625. The Morgan fingerprint density at radius 3 is 2.86 bits per heavy atom. The van der Waals surface area contributed by atoms with E-state index in [2.05, 4.69) is 12.2 Å². The Balaban J connectivity index is 2.19. The lowest BCUT2D eigenvalue weighted by Crippen LogP contribution is -2.25. The van der Waals surface area contributed by atoms with Crippen molar-refractivity contribution in [3.05, 3.63) is 28.3 Å². The molecule has 116 valence electrons. The Labute approximate surface area is 125 Å². The highest BCUT2D eigenvalue weighted by molar-refractivity contribution is 5.68. The topological polar surface area (TPSA) is 64.4 Å². The van der Waals surface area contributed by atoms with Crippen molar-refractivity contribution in [1.29, 1.82) is 0 Å². The molecule has 1 aromatic rings. The van der Waals surface area contributed by atoms with Crippen LogP contribution in [0.3, 0.4) is 0 Å². The van der Waals surface area contributed by atoms with Gasteiger partial charge in [0, 0.05) is 6.54 Å². The lowest BCUT2D eigenvalue weighted by atomic mass is 9.85. The maximum Gasteiger partial charge on any atom is 0.333 e. The molecule has 1 saturated carbocycles. The van der Waals surface area contributed by atoms with Crippen LogP contribution in [0.25, 0.3) is 0 Å². The molecule has 2 atom stereocenters. The predicted octanol–water partition coefficient (Wildman–Crippen LogP) is 4.37. The van der Waals surface area contributed by atoms with Crippen molar-refractivity contribution in [2.24, 2.45) is 5.92 Å². The summed E-state index contributed by atoms with van der Waals surface area (Å²) in [6.07, 6.45) is 5.62. The smallest absolute Gasteiger partial charge is 0.333 e. The third-order valence-electron chi connectivity index (χ3n) is 4.15. The van der Waals surface area contributed by atoms with E-state index in [0.29, 0.717) is 23.9 Å². The van der Waals surface area contributed by atoms with Gasteiger partial charge in [0.25, 0.3) is 0 Å². The number of nitro benzene ring substituents is 1. The van der Waals surface area contributed by atoms with Crippen LogP contribution < -0.4 is 10.1 Å². The Bertz CT molecular complexity index is 490. The van der Waals surface area contributed by atoms with E-state index in [0.717, 1.165) is 25.7 Å². The highest BCUT2D eigenvalue weighted by Gasteiger charge is 2.26. The molecule has 0 saturated heterocycles.